The molecular weight excluding hydrogens is 406 g/mol. The summed E-state index contributed by atoms with van der Waals surface area (Å²) in [5.74, 6) is -0.286. The van der Waals surface area contributed by atoms with E-state index in [1.54, 1.807) is 11.3 Å². The van der Waals surface area contributed by atoms with Gasteiger partial charge in [0.05, 0.1) is 12.0 Å². The zero-order chi connectivity index (χ0) is 21.8. The van der Waals surface area contributed by atoms with Gasteiger partial charge in [-0.15, -0.1) is 11.3 Å². The Morgan fingerprint density at radius 1 is 1.13 bits per heavy atom. The minimum absolute atomic E-state index is 0.0218. The molecule has 0 saturated heterocycles. The minimum atomic E-state index is -0.384. The molecule has 1 aromatic carbocycles. The molecule has 31 heavy (non-hydrogen) atoms. The van der Waals surface area contributed by atoms with Gasteiger partial charge < -0.3 is 15.1 Å². The second-order valence-corrected chi connectivity index (χ2v) is 9.47. The Balaban J connectivity index is 1.69. The SMILES string of the molecule is CCN(CC)CCNC(=O)[C@H]1c2ccccc2C(=O)N(C2CCCC2)[C@H]1c1cccs1. The van der Waals surface area contributed by atoms with Crippen molar-refractivity contribution in [1.29, 1.82) is 0 Å². The van der Waals surface area contributed by atoms with Crippen LogP contribution in [0.5, 0.6) is 0 Å². The lowest BCUT2D eigenvalue weighted by atomic mass is 9.80. The predicted octanol–water partition coefficient (Wildman–Crippen LogP) is 4.43. The number of rotatable bonds is 8. The molecule has 0 bridgehead atoms. The summed E-state index contributed by atoms with van der Waals surface area (Å²) in [6, 6.07) is 11.8. The second-order valence-electron chi connectivity index (χ2n) is 8.49. The number of nitrogens with zero attached hydrogens (tertiary/aromatic N) is 2. The fourth-order valence-corrected chi connectivity index (χ4v) is 6.03. The third-order valence-corrected chi connectivity index (χ3v) is 7.78. The number of thiophene rings is 1. The second kappa shape index (κ2) is 9.96. The molecule has 4 rings (SSSR count). The maximum atomic E-state index is 13.7. The highest BCUT2D eigenvalue weighted by atomic mass is 32.1. The number of carbonyl (C=O) groups excluding carboxylic acids is 2. The van der Waals surface area contributed by atoms with Gasteiger partial charge in [0.15, 0.2) is 0 Å². The Kier molecular flexibility index (Phi) is 7.08. The molecule has 1 aromatic heterocycles. The van der Waals surface area contributed by atoms with Crippen molar-refractivity contribution in [2.45, 2.75) is 57.5 Å². The van der Waals surface area contributed by atoms with Gasteiger partial charge in [-0.3, -0.25) is 9.59 Å². The van der Waals surface area contributed by atoms with Crippen LogP contribution in [0.4, 0.5) is 0 Å². The first-order valence-electron chi connectivity index (χ1n) is 11.6. The molecule has 1 fully saturated rings. The Bertz CT molecular complexity index is 888. The third-order valence-electron chi connectivity index (χ3n) is 6.83. The van der Waals surface area contributed by atoms with Gasteiger partial charge in [0.25, 0.3) is 5.91 Å². The molecule has 2 aliphatic rings. The lowest BCUT2D eigenvalue weighted by molar-refractivity contribution is -0.124. The Hall–Kier alpha value is -2.18. The highest BCUT2D eigenvalue weighted by Gasteiger charge is 2.47. The van der Waals surface area contributed by atoms with Crippen LogP contribution in [0.2, 0.25) is 0 Å². The van der Waals surface area contributed by atoms with Crippen LogP contribution < -0.4 is 5.32 Å². The van der Waals surface area contributed by atoms with E-state index in [0.717, 1.165) is 55.8 Å². The van der Waals surface area contributed by atoms with Crippen molar-refractivity contribution in [3.05, 3.63) is 57.8 Å². The van der Waals surface area contributed by atoms with Crippen molar-refractivity contribution in [3.63, 3.8) is 0 Å². The summed E-state index contributed by atoms with van der Waals surface area (Å²) in [7, 11) is 0. The van der Waals surface area contributed by atoms with Crippen molar-refractivity contribution in [2.75, 3.05) is 26.2 Å². The molecule has 6 heteroatoms. The number of fused-ring (bicyclic) bond motifs is 1. The summed E-state index contributed by atoms with van der Waals surface area (Å²) in [4.78, 5) is 32.7. The molecule has 1 aliphatic carbocycles. The largest absolute Gasteiger partial charge is 0.354 e. The molecule has 2 aromatic rings. The van der Waals surface area contributed by atoms with Crippen molar-refractivity contribution in [3.8, 4) is 0 Å². The number of hydrogen-bond donors (Lipinski definition) is 1. The topological polar surface area (TPSA) is 52.7 Å². The van der Waals surface area contributed by atoms with Crippen LogP contribution in [0.15, 0.2) is 41.8 Å². The van der Waals surface area contributed by atoms with E-state index >= 15 is 0 Å². The lowest BCUT2D eigenvalue weighted by Gasteiger charge is -2.44. The number of benzene rings is 1. The van der Waals surface area contributed by atoms with Crippen molar-refractivity contribution in [1.82, 2.24) is 15.1 Å². The van der Waals surface area contributed by atoms with Gasteiger partial charge in [0, 0.05) is 29.6 Å². The van der Waals surface area contributed by atoms with E-state index in [-0.39, 0.29) is 29.8 Å². The summed E-state index contributed by atoms with van der Waals surface area (Å²) in [6.07, 6.45) is 4.33. The zero-order valence-electron chi connectivity index (χ0n) is 18.5. The van der Waals surface area contributed by atoms with E-state index < -0.39 is 0 Å². The third kappa shape index (κ3) is 4.41. The Morgan fingerprint density at radius 3 is 2.55 bits per heavy atom. The fourth-order valence-electron chi connectivity index (χ4n) is 5.17. The highest BCUT2D eigenvalue weighted by molar-refractivity contribution is 7.10. The summed E-state index contributed by atoms with van der Waals surface area (Å²) >= 11 is 1.64. The number of amides is 2. The van der Waals surface area contributed by atoms with Gasteiger partial charge in [0.1, 0.15) is 0 Å². The quantitative estimate of drug-likeness (QED) is 0.662. The first-order valence-corrected chi connectivity index (χ1v) is 12.5. The van der Waals surface area contributed by atoms with Crippen LogP contribution in [-0.4, -0.2) is 53.8 Å². The van der Waals surface area contributed by atoms with Crippen LogP contribution >= 0.6 is 11.3 Å². The van der Waals surface area contributed by atoms with Crippen molar-refractivity contribution < 1.29 is 9.59 Å². The molecule has 2 heterocycles. The average Bonchev–Trinajstić information content (AvgIpc) is 3.51. The molecule has 166 valence electrons. The summed E-state index contributed by atoms with van der Waals surface area (Å²) in [6.45, 7) is 7.68. The van der Waals surface area contributed by atoms with E-state index in [0.29, 0.717) is 12.1 Å². The minimum Gasteiger partial charge on any atom is -0.354 e. The number of carbonyl (C=O) groups is 2. The fraction of sp³-hybridized carbons (Fsp3) is 0.520. The molecule has 2 amide bonds. The normalized spacial score (nSPS) is 21.5. The highest BCUT2D eigenvalue weighted by Crippen LogP contribution is 2.47. The zero-order valence-corrected chi connectivity index (χ0v) is 19.4. The maximum Gasteiger partial charge on any atom is 0.254 e. The standard InChI is InChI=1S/C25H33N3O2S/c1-3-27(4-2)16-15-26-24(29)22-19-12-7-8-13-20(19)25(30)28(18-10-5-6-11-18)23(22)21-14-9-17-31-21/h7-9,12-14,17-18,22-23H,3-6,10-11,15-16H2,1-2H3,(H,26,29)/t22-,23-/m0/s1. The number of nitrogens with one attached hydrogen (secondary N) is 1. The van der Waals surface area contributed by atoms with Gasteiger partial charge in [-0.25, -0.2) is 0 Å². The molecule has 0 radical (unpaired) electrons. The summed E-state index contributed by atoms with van der Waals surface area (Å²) < 4.78 is 0. The molecule has 1 N–H and O–H groups in total. The monoisotopic (exact) mass is 439 g/mol. The van der Waals surface area contributed by atoms with Crippen molar-refractivity contribution >= 4 is 23.2 Å². The van der Waals surface area contributed by atoms with Gasteiger partial charge in [-0.2, -0.15) is 0 Å². The van der Waals surface area contributed by atoms with Crippen molar-refractivity contribution in [2.24, 2.45) is 0 Å². The summed E-state index contributed by atoms with van der Waals surface area (Å²) in [5.41, 5.74) is 1.55. The maximum absolute atomic E-state index is 13.7. The Labute approximate surface area is 189 Å². The molecule has 2 atom stereocenters. The first kappa shape index (κ1) is 22.0. The lowest BCUT2D eigenvalue weighted by Crippen LogP contribution is -2.51. The smallest absolute Gasteiger partial charge is 0.254 e. The van der Waals surface area contributed by atoms with Crippen LogP contribution in [-0.2, 0) is 4.79 Å². The van der Waals surface area contributed by atoms with Crippen LogP contribution in [0.25, 0.3) is 0 Å². The van der Waals surface area contributed by atoms with Gasteiger partial charge in [-0.1, -0.05) is 51.0 Å². The molecule has 0 unspecified atom stereocenters. The molecular formula is C25H33N3O2S. The number of likely N-dealkylation sites (N-methyl/N-ethyl adjacent to an activating group) is 1. The number of hydrogen-bond acceptors (Lipinski definition) is 4. The van der Waals surface area contributed by atoms with E-state index in [1.165, 1.54) is 0 Å². The van der Waals surface area contributed by atoms with Crippen LogP contribution in [0, 0.1) is 0 Å². The van der Waals surface area contributed by atoms with E-state index in [1.807, 2.05) is 35.7 Å². The Morgan fingerprint density at radius 2 is 1.87 bits per heavy atom. The molecule has 5 nitrogen and oxygen atoms in total. The van der Waals surface area contributed by atoms with Gasteiger partial charge in [-0.05, 0) is 49.0 Å². The van der Waals surface area contributed by atoms with Crippen LogP contribution in [0.1, 0.15) is 72.3 Å². The molecule has 1 saturated carbocycles. The first-order chi connectivity index (χ1) is 15.2. The van der Waals surface area contributed by atoms with E-state index in [9.17, 15) is 9.59 Å². The van der Waals surface area contributed by atoms with Gasteiger partial charge >= 0.3 is 0 Å². The predicted molar refractivity (Wildman–Crippen MR) is 125 cm³/mol. The van der Waals surface area contributed by atoms with E-state index in [2.05, 4.69) is 35.0 Å². The molecule has 1 aliphatic heterocycles. The van der Waals surface area contributed by atoms with E-state index in [4.69, 9.17) is 0 Å². The van der Waals surface area contributed by atoms with Gasteiger partial charge in [0.2, 0.25) is 5.91 Å². The average molecular weight is 440 g/mol. The molecule has 0 spiro atoms. The van der Waals surface area contributed by atoms with Crippen LogP contribution in [0.3, 0.4) is 0 Å². The summed E-state index contributed by atoms with van der Waals surface area (Å²) in [5, 5.41) is 5.24.